The molecule has 4 nitrogen and oxygen atoms in total. The summed E-state index contributed by atoms with van der Waals surface area (Å²) in [7, 11) is 0. The van der Waals surface area contributed by atoms with E-state index in [0.29, 0.717) is 27.4 Å². The van der Waals surface area contributed by atoms with Gasteiger partial charge in [0, 0.05) is 14.3 Å². The summed E-state index contributed by atoms with van der Waals surface area (Å²) in [6, 6.07) is 19.2. The number of rotatable bonds is 3. The molecule has 0 amide bonds. The number of para-hydroxylation sites is 1. The molecule has 0 N–H and O–H groups in total. The van der Waals surface area contributed by atoms with Crippen LogP contribution in [-0.4, -0.2) is 4.98 Å². The van der Waals surface area contributed by atoms with E-state index in [-0.39, 0.29) is 0 Å². The molecule has 0 aliphatic carbocycles. The number of nitrogens with zero attached hydrogens (tertiary/aromatic N) is 2. The van der Waals surface area contributed by atoms with Crippen LogP contribution in [0.5, 0.6) is 0 Å². The summed E-state index contributed by atoms with van der Waals surface area (Å²) in [5.41, 5.74) is 2.39. The van der Waals surface area contributed by atoms with Gasteiger partial charge in [0.15, 0.2) is 0 Å². The van der Waals surface area contributed by atoms with Gasteiger partial charge in [0.05, 0.1) is 16.8 Å². The number of thiazole rings is 1. The van der Waals surface area contributed by atoms with Crippen molar-refractivity contribution >= 4 is 56.5 Å². The third-order valence-corrected chi connectivity index (χ3v) is 5.55. The number of halogens is 1. The first kappa shape index (κ1) is 17.6. The molecule has 6 heteroatoms. The lowest BCUT2D eigenvalue weighted by Gasteiger charge is -1.99. The van der Waals surface area contributed by atoms with E-state index in [1.165, 1.54) is 11.3 Å². The Labute approximate surface area is 172 Å². The van der Waals surface area contributed by atoms with Crippen LogP contribution in [-0.2, 0) is 0 Å². The number of aromatic nitrogens is 1. The smallest absolute Gasteiger partial charge is 0.345 e. The summed E-state index contributed by atoms with van der Waals surface area (Å²) in [5, 5.41) is 12.7. The van der Waals surface area contributed by atoms with E-state index >= 15 is 0 Å². The van der Waals surface area contributed by atoms with Gasteiger partial charge in [-0.05, 0) is 58.5 Å². The molecule has 0 spiro atoms. The van der Waals surface area contributed by atoms with Crippen molar-refractivity contribution < 1.29 is 4.42 Å². The molecule has 0 aliphatic rings. The SMILES string of the molecule is N#C/C(=C\c1ccc(I)cc1)c1nc(-c2cc3ccccc3oc2=O)cs1. The van der Waals surface area contributed by atoms with Crippen LogP contribution < -0.4 is 5.63 Å². The molecule has 4 aromatic rings. The summed E-state index contributed by atoms with van der Waals surface area (Å²) in [6.07, 6.45) is 1.79. The molecular formula is C21H11IN2O2S. The summed E-state index contributed by atoms with van der Waals surface area (Å²) in [5.74, 6) is 0. The van der Waals surface area contributed by atoms with E-state index in [2.05, 4.69) is 33.6 Å². The number of hydrogen-bond acceptors (Lipinski definition) is 5. The molecule has 0 fully saturated rings. The molecule has 2 aromatic carbocycles. The van der Waals surface area contributed by atoms with Gasteiger partial charge in [-0.2, -0.15) is 5.26 Å². The van der Waals surface area contributed by atoms with Crippen molar-refractivity contribution in [2.45, 2.75) is 0 Å². The zero-order valence-electron chi connectivity index (χ0n) is 13.8. The largest absolute Gasteiger partial charge is 0.422 e. The third-order valence-electron chi connectivity index (χ3n) is 3.95. The van der Waals surface area contributed by atoms with Gasteiger partial charge in [-0.3, -0.25) is 0 Å². The molecule has 0 atom stereocenters. The monoisotopic (exact) mass is 482 g/mol. The predicted octanol–water partition coefficient (Wildman–Crippen LogP) is 5.59. The van der Waals surface area contributed by atoms with Gasteiger partial charge in [0.2, 0.25) is 0 Å². The highest BCUT2D eigenvalue weighted by molar-refractivity contribution is 14.1. The zero-order chi connectivity index (χ0) is 18.8. The maximum Gasteiger partial charge on any atom is 0.345 e. The maximum absolute atomic E-state index is 12.3. The van der Waals surface area contributed by atoms with Gasteiger partial charge >= 0.3 is 5.63 Å². The van der Waals surface area contributed by atoms with Gasteiger partial charge in [-0.25, -0.2) is 9.78 Å². The van der Waals surface area contributed by atoms with Gasteiger partial charge in [-0.1, -0.05) is 30.3 Å². The molecular weight excluding hydrogens is 471 g/mol. The Hall–Kier alpha value is -2.76. The first-order chi connectivity index (χ1) is 13.1. The van der Waals surface area contributed by atoms with E-state index in [0.717, 1.165) is 14.5 Å². The highest BCUT2D eigenvalue weighted by atomic mass is 127. The molecule has 2 heterocycles. The topological polar surface area (TPSA) is 66.9 Å². The number of fused-ring (bicyclic) bond motifs is 1. The molecule has 0 bridgehead atoms. The Balaban J connectivity index is 1.75. The van der Waals surface area contributed by atoms with Crippen LogP contribution in [0, 0.1) is 14.9 Å². The van der Waals surface area contributed by atoms with Gasteiger partial charge < -0.3 is 4.42 Å². The number of nitriles is 1. The van der Waals surface area contributed by atoms with Crippen LogP contribution in [0.25, 0.3) is 33.9 Å². The molecule has 130 valence electrons. The molecule has 0 aliphatic heterocycles. The average Bonchev–Trinajstić information content (AvgIpc) is 3.16. The first-order valence-corrected chi connectivity index (χ1v) is 9.96. The van der Waals surface area contributed by atoms with Crippen LogP contribution >= 0.6 is 33.9 Å². The second-order valence-electron chi connectivity index (χ2n) is 5.74. The fourth-order valence-electron chi connectivity index (χ4n) is 2.63. The predicted molar refractivity (Wildman–Crippen MR) is 116 cm³/mol. The second-order valence-corrected chi connectivity index (χ2v) is 7.85. The highest BCUT2D eigenvalue weighted by Gasteiger charge is 2.13. The number of hydrogen-bond donors (Lipinski definition) is 0. The Morgan fingerprint density at radius 3 is 2.74 bits per heavy atom. The minimum Gasteiger partial charge on any atom is -0.422 e. The molecule has 0 radical (unpaired) electrons. The Kier molecular flexibility index (Phi) is 4.88. The fraction of sp³-hybridized carbons (Fsp3) is 0. The number of benzene rings is 2. The lowest BCUT2D eigenvalue weighted by atomic mass is 10.1. The highest BCUT2D eigenvalue weighted by Crippen LogP contribution is 2.27. The Bertz CT molecular complexity index is 1260. The molecule has 4 rings (SSSR count). The zero-order valence-corrected chi connectivity index (χ0v) is 16.8. The molecule has 0 unspecified atom stereocenters. The summed E-state index contributed by atoms with van der Waals surface area (Å²) < 4.78 is 6.51. The van der Waals surface area contributed by atoms with Crippen molar-refractivity contribution in [1.82, 2.24) is 4.98 Å². The van der Waals surface area contributed by atoms with Crippen molar-refractivity contribution in [3.8, 4) is 17.3 Å². The normalized spacial score (nSPS) is 11.5. The van der Waals surface area contributed by atoms with Crippen molar-refractivity contribution in [2.75, 3.05) is 0 Å². The van der Waals surface area contributed by atoms with Crippen molar-refractivity contribution in [3.05, 3.63) is 84.5 Å². The molecule has 2 aromatic heterocycles. The van der Waals surface area contributed by atoms with Crippen molar-refractivity contribution in [2.24, 2.45) is 0 Å². The Morgan fingerprint density at radius 1 is 1.19 bits per heavy atom. The first-order valence-electron chi connectivity index (χ1n) is 8.00. The Morgan fingerprint density at radius 2 is 1.96 bits per heavy atom. The molecule has 27 heavy (non-hydrogen) atoms. The minimum atomic E-state index is -0.439. The summed E-state index contributed by atoms with van der Waals surface area (Å²) >= 11 is 3.56. The quantitative estimate of drug-likeness (QED) is 0.217. The van der Waals surface area contributed by atoms with Crippen LogP contribution in [0.2, 0.25) is 0 Å². The lowest BCUT2D eigenvalue weighted by molar-refractivity contribution is 0.563. The minimum absolute atomic E-state index is 0.391. The molecule has 0 saturated carbocycles. The molecule has 0 saturated heterocycles. The second kappa shape index (κ2) is 7.47. The van der Waals surface area contributed by atoms with Crippen LogP contribution in [0.4, 0.5) is 0 Å². The van der Waals surface area contributed by atoms with Crippen molar-refractivity contribution in [3.63, 3.8) is 0 Å². The average molecular weight is 482 g/mol. The fourth-order valence-corrected chi connectivity index (χ4v) is 3.77. The van der Waals surface area contributed by atoms with Gasteiger partial charge in [0.1, 0.15) is 16.7 Å². The van der Waals surface area contributed by atoms with Crippen LogP contribution in [0.3, 0.4) is 0 Å². The third kappa shape index (κ3) is 3.70. The summed E-state index contributed by atoms with van der Waals surface area (Å²) in [4.78, 5) is 16.8. The van der Waals surface area contributed by atoms with E-state index in [4.69, 9.17) is 4.42 Å². The van der Waals surface area contributed by atoms with Crippen LogP contribution in [0.1, 0.15) is 10.6 Å². The standard InChI is InChI=1S/C21H11IN2O2S/c22-16-7-5-13(6-8-16)9-15(11-23)20-24-18(12-27-20)17-10-14-3-1-2-4-19(14)26-21(17)25/h1-10,12H/b15-9+. The van der Waals surface area contributed by atoms with Crippen LogP contribution in [0.15, 0.2) is 69.2 Å². The van der Waals surface area contributed by atoms with Crippen molar-refractivity contribution in [1.29, 1.82) is 5.26 Å². The van der Waals surface area contributed by atoms with Gasteiger partial charge in [0.25, 0.3) is 0 Å². The lowest BCUT2D eigenvalue weighted by Crippen LogP contribution is -2.02. The maximum atomic E-state index is 12.3. The van der Waals surface area contributed by atoms with E-state index < -0.39 is 5.63 Å². The van der Waals surface area contributed by atoms with E-state index in [1.54, 1.807) is 23.6 Å². The number of allylic oxidation sites excluding steroid dienone is 1. The summed E-state index contributed by atoms with van der Waals surface area (Å²) in [6.45, 7) is 0. The van der Waals surface area contributed by atoms with E-state index in [9.17, 15) is 10.1 Å². The van der Waals surface area contributed by atoms with Gasteiger partial charge in [-0.15, -0.1) is 11.3 Å². The van der Waals surface area contributed by atoms with E-state index in [1.807, 2.05) is 42.5 Å².